The van der Waals surface area contributed by atoms with Crippen molar-refractivity contribution in [1.29, 1.82) is 0 Å². The van der Waals surface area contributed by atoms with Crippen molar-refractivity contribution >= 4 is 39.2 Å². The Morgan fingerprint density at radius 2 is 1.95 bits per heavy atom. The third-order valence-electron chi connectivity index (χ3n) is 2.82. The first-order valence-corrected chi connectivity index (χ1v) is 7.78. The van der Waals surface area contributed by atoms with Gasteiger partial charge in [0, 0.05) is 11.1 Å². The van der Waals surface area contributed by atoms with E-state index >= 15 is 0 Å². The van der Waals surface area contributed by atoms with Crippen LogP contribution in [0.25, 0.3) is 0 Å². The van der Waals surface area contributed by atoms with Gasteiger partial charge in [0.2, 0.25) is 0 Å². The van der Waals surface area contributed by atoms with Crippen LogP contribution >= 0.6 is 11.6 Å². The lowest BCUT2D eigenvalue weighted by molar-refractivity contribution is -0.137. The highest BCUT2D eigenvalue weighted by molar-refractivity contribution is 7.86. The monoisotopic (exact) mass is 346 g/mol. The van der Waals surface area contributed by atoms with Crippen LogP contribution in [-0.2, 0) is 19.7 Å². The zero-order chi connectivity index (χ0) is 16.5. The van der Waals surface area contributed by atoms with Gasteiger partial charge in [-0.3, -0.25) is 19.0 Å². The molecule has 1 aliphatic rings. The number of imide groups is 1. The van der Waals surface area contributed by atoms with E-state index in [0.29, 0.717) is 0 Å². The molecule has 3 N–H and O–H groups in total. The molecule has 0 atom stereocenters. The van der Waals surface area contributed by atoms with Gasteiger partial charge < -0.3 is 10.4 Å². The predicted octanol–water partition coefficient (Wildman–Crippen LogP) is 0.244. The minimum absolute atomic E-state index is 0.0721. The number of hydrogen-bond acceptors (Lipinski definition) is 6. The summed E-state index contributed by atoms with van der Waals surface area (Å²) in [4.78, 5) is 23.8. The second kappa shape index (κ2) is 6.05. The minimum atomic E-state index is -4.58. The van der Waals surface area contributed by atoms with Crippen molar-refractivity contribution in [3.63, 3.8) is 0 Å². The van der Waals surface area contributed by atoms with Gasteiger partial charge in [-0.05, 0) is 18.2 Å². The molecule has 8 nitrogen and oxygen atoms in total. The largest absolute Gasteiger partial charge is 0.395 e. The van der Waals surface area contributed by atoms with Crippen molar-refractivity contribution in [3.05, 3.63) is 35.0 Å². The van der Waals surface area contributed by atoms with Gasteiger partial charge >= 0.3 is 0 Å². The molecule has 1 aromatic carbocycles. The Bertz CT molecular complexity index is 774. The molecule has 2 rings (SSSR count). The number of aliphatic hydroxyl groups excluding tert-OH is 1. The summed E-state index contributed by atoms with van der Waals surface area (Å²) in [6.07, 6.45) is 0.973. The first kappa shape index (κ1) is 16.4. The topological polar surface area (TPSA) is 124 Å². The van der Waals surface area contributed by atoms with Gasteiger partial charge in [-0.2, -0.15) is 8.42 Å². The van der Waals surface area contributed by atoms with E-state index in [2.05, 4.69) is 5.32 Å². The fourth-order valence-corrected chi connectivity index (χ4v) is 2.78. The van der Waals surface area contributed by atoms with Crippen LogP contribution in [0.15, 0.2) is 34.9 Å². The molecule has 0 aliphatic carbocycles. The maximum Gasteiger partial charge on any atom is 0.296 e. The number of β-amino-alcohol motifs (C(OH)–C–C–N with tert-alkyl or cyclic N) is 1. The molecule has 118 valence electrons. The molecule has 0 unspecified atom stereocenters. The molecule has 0 saturated carbocycles. The lowest BCUT2D eigenvalue weighted by atomic mass is 10.3. The maximum atomic E-state index is 12.0. The number of aliphatic hydroxyl groups is 1. The molecular weight excluding hydrogens is 336 g/mol. The fourth-order valence-electron chi connectivity index (χ4n) is 1.87. The van der Waals surface area contributed by atoms with Crippen LogP contribution in [0.5, 0.6) is 0 Å². The van der Waals surface area contributed by atoms with Crippen LogP contribution in [0.2, 0.25) is 5.02 Å². The van der Waals surface area contributed by atoms with Crippen molar-refractivity contribution < 1.29 is 27.7 Å². The van der Waals surface area contributed by atoms with Gasteiger partial charge in [-0.1, -0.05) is 11.6 Å². The molecule has 0 bridgehead atoms. The Balaban J connectivity index is 2.35. The van der Waals surface area contributed by atoms with Crippen molar-refractivity contribution in [3.8, 4) is 0 Å². The van der Waals surface area contributed by atoms with E-state index < -0.39 is 33.4 Å². The SMILES string of the molecule is O=C1C=C(Nc2ccc(Cl)cc2S(=O)(=O)O)C(=O)N1CCO. The summed E-state index contributed by atoms with van der Waals surface area (Å²) in [5, 5.41) is 11.4. The number of nitrogens with one attached hydrogen (secondary N) is 1. The van der Waals surface area contributed by atoms with Gasteiger partial charge in [0.1, 0.15) is 10.6 Å². The number of carbonyl (C=O) groups is 2. The third-order valence-corrected chi connectivity index (χ3v) is 3.95. The quantitative estimate of drug-likeness (QED) is 0.515. The van der Waals surface area contributed by atoms with Crippen LogP contribution in [-0.4, -0.2) is 47.9 Å². The van der Waals surface area contributed by atoms with Gasteiger partial charge in [-0.25, -0.2) is 0 Å². The van der Waals surface area contributed by atoms with E-state index in [-0.39, 0.29) is 23.0 Å². The van der Waals surface area contributed by atoms with Crippen molar-refractivity contribution in [2.45, 2.75) is 4.90 Å². The lowest BCUT2D eigenvalue weighted by Crippen LogP contribution is -2.34. The molecule has 0 saturated heterocycles. The highest BCUT2D eigenvalue weighted by Gasteiger charge is 2.31. The Hall–Kier alpha value is -1.94. The Kier molecular flexibility index (Phi) is 4.52. The second-order valence-electron chi connectivity index (χ2n) is 4.32. The molecule has 0 fully saturated rings. The Labute approximate surface area is 130 Å². The molecule has 1 aliphatic heterocycles. The summed E-state index contributed by atoms with van der Waals surface area (Å²) in [6, 6.07) is 3.61. The van der Waals surface area contributed by atoms with Crippen LogP contribution in [0, 0.1) is 0 Å². The summed E-state index contributed by atoms with van der Waals surface area (Å²) >= 11 is 5.68. The predicted molar refractivity (Wildman–Crippen MR) is 76.8 cm³/mol. The molecule has 0 aromatic heterocycles. The molecule has 1 heterocycles. The van der Waals surface area contributed by atoms with E-state index in [0.717, 1.165) is 17.0 Å². The fraction of sp³-hybridized carbons (Fsp3) is 0.167. The van der Waals surface area contributed by atoms with Gasteiger partial charge in [-0.15, -0.1) is 0 Å². The first-order chi connectivity index (χ1) is 10.2. The average Bonchev–Trinajstić information content (AvgIpc) is 2.68. The number of halogens is 1. The average molecular weight is 347 g/mol. The number of anilines is 1. The van der Waals surface area contributed by atoms with Gasteiger partial charge in [0.25, 0.3) is 21.9 Å². The van der Waals surface area contributed by atoms with E-state index in [9.17, 15) is 22.6 Å². The molecule has 1 aromatic rings. The van der Waals surface area contributed by atoms with Crippen LogP contribution < -0.4 is 5.32 Å². The number of benzene rings is 1. The van der Waals surface area contributed by atoms with E-state index in [1.54, 1.807) is 0 Å². The van der Waals surface area contributed by atoms with E-state index in [1.165, 1.54) is 12.1 Å². The van der Waals surface area contributed by atoms with Gasteiger partial charge in [0.15, 0.2) is 0 Å². The number of amides is 2. The van der Waals surface area contributed by atoms with Crippen LogP contribution in [0.1, 0.15) is 0 Å². The third kappa shape index (κ3) is 3.28. The molecule has 10 heteroatoms. The van der Waals surface area contributed by atoms with E-state index in [1.807, 2.05) is 0 Å². The molecule has 22 heavy (non-hydrogen) atoms. The number of nitrogens with zero attached hydrogens (tertiary/aromatic N) is 1. The number of carbonyl (C=O) groups excluding carboxylic acids is 2. The highest BCUT2D eigenvalue weighted by atomic mass is 35.5. The summed E-state index contributed by atoms with van der Waals surface area (Å²) in [5.41, 5.74) is -0.282. The number of rotatable bonds is 5. The Morgan fingerprint density at radius 3 is 2.55 bits per heavy atom. The zero-order valence-corrected chi connectivity index (χ0v) is 12.6. The van der Waals surface area contributed by atoms with Gasteiger partial charge in [0.05, 0.1) is 18.8 Å². The Morgan fingerprint density at radius 1 is 1.27 bits per heavy atom. The normalized spacial score (nSPS) is 15.2. The zero-order valence-electron chi connectivity index (χ0n) is 11.0. The first-order valence-electron chi connectivity index (χ1n) is 5.96. The smallest absolute Gasteiger partial charge is 0.296 e. The van der Waals surface area contributed by atoms with Crippen LogP contribution in [0.4, 0.5) is 5.69 Å². The lowest BCUT2D eigenvalue weighted by Gasteiger charge is -2.14. The molecular formula is C12H11ClN2O6S. The summed E-state index contributed by atoms with van der Waals surface area (Å²) in [7, 11) is -4.58. The molecule has 0 radical (unpaired) electrons. The molecule has 2 amide bonds. The minimum Gasteiger partial charge on any atom is -0.395 e. The van der Waals surface area contributed by atoms with Crippen molar-refractivity contribution in [1.82, 2.24) is 4.90 Å². The van der Waals surface area contributed by atoms with Crippen LogP contribution in [0.3, 0.4) is 0 Å². The number of hydrogen-bond donors (Lipinski definition) is 3. The van der Waals surface area contributed by atoms with E-state index in [4.69, 9.17) is 16.7 Å². The summed E-state index contributed by atoms with van der Waals surface area (Å²) in [6.45, 7) is -0.569. The van der Waals surface area contributed by atoms with Crippen molar-refractivity contribution in [2.75, 3.05) is 18.5 Å². The summed E-state index contributed by atoms with van der Waals surface area (Å²) in [5.74, 6) is -1.35. The highest BCUT2D eigenvalue weighted by Crippen LogP contribution is 2.27. The summed E-state index contributed by atoms with van der Waals surface area (Å²) < 4.78 is 31.9. The second-order valence-corrected chi connectivity index (χ2v) is 6.14. The van der Waals surface area contributed by atoms with Crippen molar-refractivity contribution in [2.24, 2.45) is 0 Å². The molecule has 0 spiro atoms. The standard InChI is InChI=1S/C12H11ClN2O6S/c13-7-1-2-8(10(5-7)22(19,20)21)14-9-6-11(17)15(3-4-16)12(9)18/h1-2,5-6,14,16H,3-4H2,(H,19,20,21). The maximum absolute atomic E-state index is 12.0.